The van der Waals surface area contributed by atoms with E-state index in [2.05, 4.69) is 28.2 Å². The van der Waals surface area contributed by atoms with E-state index in [-0.39, 0.29) is 24.2 Å². The first-order valence-electron chi connectivity index (χ1n) is 8.86. The van der Waals surface area contributed by atoms with Gasteiger partial charge in [0.05, 0.1) is 5.92 Å². The highest BCUT2D eigenvalue weighted by Gasteiger charge is 2.35. The summed E-state index contributed by atoms with van der Waals surface area (Å²) < 4.78 is 1.01. The van der Waals surface area contributed by atoms with E-state index in [0.29, 0.717) is 6.54 Å². The van der Waals surface area contributed by atoms with Crippen molar-refractivity contribution in [2.75, 3.05) is 16.8 Å². The molecule has 1 fully saturated rings. The summed E-state index contributed by atoms with van der Waals surface area (Å²) in [7, 11) is 0. The normalized spacial score (nSPS) is 16.8. The number of hydrogen-bond donors (Lipinski definition) is 1. The van der Waals surface area contributed by atoms with Crippen LogP contribution in [0.5, 0.6) is 0 Å². The van der Waals surface area contributed by atoms with Crippen molar-refractivity contribution in [2.24, 2.45) is 5.92 Å². The van der Waals surface area contributed by atoms with Crippen LogP contribution in [0.25, 0.3) is 0 Å². The number of rotatable bonds is 4. The second-order valence-electron chi connectivity index (χ2n) is 6.84. The summed E-state index contributed by atoms with van der Waals surface area (Å²) in [6.07, 6.45) is 1.08. The monoisotopic (exact) mass is 414 g/mol. The van der Waals surface area contributed by atoms with Crippen molar-refractivity contribution in [1.29, 1.82) is 0 Å². The first kappa shape index (κ1) is 18.6. The third kappa shape index (κ3) is 3.83. The standard InChI is InChI=1S/C21H23BrN2O2/c1-4-15-10-17(22)9-14(3)20(15)23-21(26)16-11-19(25)24(12-16)18-7-5-13(2)6-8-18/h5-10,16H,4,11-12H2,1-3H3,(H,23,26)/t16-/m0/s1. The SMILES string of the molecule is CCc1cc(Br)cc(C)c1NC(=O)[C@H]1CC(=O)N(c2ccc(C)cc2)C1. The van der Waals surface area contributed by atoms with Gasteiger partial charge in [-0.3, -0.25) is 9.59 Å². The largest absolute Gasteiger partial charge is 0.325 e. The van der Waals surface area contributed by atoms with E-state index in [4.69, 9.17) is 0 Å². The zero-order chi connectivity index (χ0) is 18.8. The maximum Gasteiger partial charge on any atom is 0.229 e. The van der Waals surface area contributed by atoms with Gasteiger partial charge in [-0.25, -0.2) is 0 Å². The van der Waals surface area contributed by atoms with Gasteiger partial charge in [-0.15, -0.1) is 0 Å². The van der Waals surface area contributed by atoms with Crippen molar-refractivity contribution in [2.45, 2.75) is 33.6 Å². The van der Waals surface area contributed by atoms with Crippen LogP contribution in [0.3, 0.4) is 0 Å². The number of aryl methyl sites for hydroxylation is 3. The van der Waals surface area contributed by atoms with E-state index < -0.39 is 0 Å². The molecule has 5 heteroatoms. The van der Waals surface area contributed by atoms with Crippen LogP contribution in [-0.2, 0) is 16.0 Å². The van der Waals surface area contributed by atoms with Gasteiger partial charge in [0.1, 0.15) is 0 Å². The summed E-state index contributed by atoms with van der Waals surface area (Å²) in [6.45, 7) is 6.48. The number of carbonyl (C=O) groups excluding carboxylic acids is 2. The number of nitrogens with one attached hydrogen (secondary N) is 1. The fourth-order valence-electron chi connectivity index (χ4n) is 3.35. The molecule has 0 bridgehead atoms. The van der Waals surface area contributed by atoms with Crippen LogP contribution in [0.15, 0.2) is 40.9 Å². The van der Waals surface area contributed by atoms with E-state index in [1.165, 1.54) is 0 Å². The zero-order valence-corrected chi connectivity index (χ0v) is 16.9. The molecule has 1 saturated heterocycles. The number of carbonyl (C=O) groups is 2. The maximum absolute atomic E-state index is 12.8. The number of amides is 2. The highest BCUT2D eigenvalue weighted by atomic mass is 79.9. The molecule has 1 heterocycles. The molecule has 1 atom stereocenters. The number of hydrogen-bond acceptors (Lipinski definition) is 2. The summed E-state index contributed by atoms with van der Waals surface area (Å²) in [5.41, 5.74) is 4.97. The summed E-state index contributed by atoms with van der Waals surface area (Å²) in [5.74, 6) is -0.429. The van der Waals surface area contributed by atoms with E-state index in [9.17, 15) is 9.59 Å². The van der Waals surface area contributed by atoms with Gasteiger partial charge in [-0.2, -0.15) is 0 Å². The summed E-state index contributed by atoms with van der Waals surface area (Å²) in [5, 5.41) is 3.06. The maximum atomic E-state index is 12.8. The summed E-state index contributed by atoms with van der Waals surface area (Å²) in [4.78, 5) is 26.9. The molecule has 2 amide bonds. The molecule has 0 saturated carbocycles. The number of halogens is 1. The Morgan fingerprint density at radius 2 is 1.92 bits per heavy atom. The Kier molecular flexibility index (Phi) is 5.47. The predicted octanol–water partition coefficient (Wildman–Crippen LogP) is 4.62. The fraction of sp³-hybridized carbons (Fsp3) is 0.333. The number of anilines is 2. The van der Waals surface area contributed by atoms with Crippen molar-refractivity contribution in [3.05, 3.63) is 57.6 Å². The van der Waals surface area contributed by atoms with Gasteiger partial charge in [0, 0.05) is 28.8 Å². The first-order valence-corrected chi connectivity index (χ1v) is 9.65. The van der Waals surface area contributed by atoms with Crippen LogP contribution in [0.1, 0.15) is 30.0 Å². The fourth-order valence-corrected chi connectivity index (χ4v) is 3.97. The molecule has 0 spiro atoms. The van der Waals surface area contributed by atoms with Crippen LogP contribution >= 0.6 is 15.9 Å². The van der Waals surface area contributed by atoms with Gasteiger partial charge in [0.25, 0.3) is 0 Å². The van der Waals surface area contributed by atoms with E-state index in [1.54, 1.807) is 4.90 Å². The highest BCUT2D eigenvalue weighted by Crippen LogP contribution is 2.29. The van der Waals surface area contributed by atoms with E-state index >= 15 is 0 Å². The van der Waals surface area contributed by atoms with Gasteiger partial charge in [0.2, 0.25) is 11.8 Å². The number of benzene rings is 2. The predicted molar refractivity (Wildman–Crippen MR) is 109 cm³/mol. The van der Waals surface area contributed by atoms with Crippen LogP contribution in [0, 0.1) is 19.8 Å². The highest BCUT2D eigenvalue weighted by molar-refractivity contribution is 9.10. The molecular formula is C21H23BrN2O2. The molecule has 1 aliphatic heterocycles. The molecule has 2 aromatic carbocycles. The molecule has 0 radical (unpaired) electrons. The zero-order valence-electron chi connectivity index (χ0n) is 15.3. The third-order valence-corrected chi connectivity index (χ3v) is 5.31. The molecule has 1 aliphatic rings. The summed E-state index contributed by atoms with van der Waals surface area (Å²) in [6, 6.07) is 11.8. The van der Waals surface area contributed by atoms with Crippen LogP contribution < -0.4 is 10.2 Å². The second kappa shape index (κ2) is 7.62. The lowest BCUT2D eigenvalue weighted by atomic mass is 10.0. The molecule has 2 aromatic rings. The minimum Gasteiger partial charge on any atom is -0.325 e. The first-order chi connectivity index (χ1) is 12.4. The van der Waals surface area contributed by atoms with Crippen LogP contribution in [0.2, 0.25) is 0 Å². The number of nitrogens with zero attached hydrogens (tertiary/aromatic N) is 1. The minimum absolute atomic E-state index is 0.00255. The molecule has 4 nitrogen and oxygen atoms in total. The van der Waals surface area contributed by atoms with Crippen LogP contribution in [-0.4, -0.2) is 18.4 Å². The Hall–Kier alpha value is -2.14. The van der Waals surface area contributed by atoms with Gasteiger partial charge in [0.15, 0.2) is 0 Å². The van der Waals surface area contributed by atoms with E-state index in [1.807, 2.05) is 50.2 Å². The summed E-state index contributed by atoms with van der Waals surface area (Å²) >= 11 is 3.50. The van der Waals surface area contributed by atoms with Gasteiger partial charge >= 0.3 is 0 Å². The molecule has 0 aromatic heterocycles. The smallest absolute Gasteiger partial charge is 0.229 e. The average Bonchev–Trinajstić information content (AvgIpc) is 2.99. The van der Waals surface area contributed by atoms with E-state index in [0.717, 1.165) is 39.0 Å². The average molecular weight is 415 g/mol. The third-order valence-electron chi connectivity index (χ3n) is 4.85. The molecule has 0 aliphatic carbocycles. The molecule has 3 rings (SSSR count). The van der Waals surface area contributed by atoms with Gasteiger partial charge in [-0.1, -0.05) is 40.5 Å². The van der Waals surface area contributed by atoms with Crippen molar-refractivity contribution in [3.63, 3.8) is 0 Å². The van der Waals surface area contributed by atoms with Gasteiger partial charge in [-0.05, 0) is 55.7 Å². The topological polar surface area (TPSA) is 49.4 Å². The minimum atomic E-state index is -0.337. The van der Waals surface area contributed by atoms with Crippen molar-refractivity contribution in [1.82, 2.24) is 0 Å². The van der Waals surface area contributed by atoms with Crippen molar-refractivity contribution >= 4 is 39.1 Å². The molecular weight excluding hydrogens is 392 g/mol. The molecule has 26 heavy (non-hydrogen) atoms. The second-order valence-corrected chi connectivity index (χ2v) is 7.76. The Morgan fingerprint density at radius 1 is 1.23 bits per heavy atom. The van der Waals surface area contributed by atoms with Crippen LogP contribution in [0.4, 0.5) is 11.4 Å². The van der Waals surface area contributed by atoms with Crippen molar-refractivity contribution < 1.29 is 9.59 Å². The van der Waals surface area contributed by atoms with Gasteiger partial charge < -0.3 is 10.2 Å². The Balaban J connectivity index is 1.76. The Labute approximate surface area is 162 Å². The quantitative estimate of drug-likeness (QED) is 0.792. The molecule has 1 N–H and O–H groups in total. The molecule has 0 unspecified atom stereocenters. The Bertz CT molecular complexity index is 846. The lowest BCUT2D eigenvalue weighted by Crippen LogP contribution is -2.28. The molecule has 136 valence electrons. The van der Waals surface area contributed by atoms with Crippen molar-refractivity contribution in [3.8, 4) is 0 Å². The lowest BCUT2D eigenvalue weighted by Gasteiger charge is -2.18. The lowest BCUT2D eigenvalue weighted by molar-refractivity contribution is -0.122. The Morgan fingerprint density at radius 3 is 2.58 bits per heavy atom.